The van der Waals surface area contributed by atoms with Crippen LogP contribution in [0.15, 0.2) is 24.3 Å². The largest absolute Gasteiger partial charge is 0.497 e. The maximum atomic E-state index is 12.0. The van der Waals surface area contributed by atoms with E-state index in [-0.39, 0.29) is 11.8 Å². The number of hydrogen-bond donors (Lipinski definition) is 2. The number of nitrogens with zero attached hydrogens (tertiary/aromatic N) is 1. The van der Waals surface area contributed by atoms with Crippen LogP contribution in [0, 0.1) is 5.92 Å². The van der Waals surface area contributed by atoms with Crippen LogP contribution in [0.25, 0.3) is 11.3 Å². The molecule has 0 spiro atoms. The number of aromatic amines is 1. The Morgan fingerprint density at radius 1 is 1.33 bits per heavy atom. The number of nitrogens with one attached hydrogen (secondary N) is 2. The molecule has 2 N–H and O–H groups in total. The predicted octanol–water partition coefficient (Wildman–Crippen LogP) is 3.24. The van der Waals surface area contributed by atoms with Crippen molar-refractivity contribution in [3.8, 4) is 17.0 Å². The summed E-state index contributed by atoms with van der Waals surface area (Å²) in [4.78, 5) is 12.0. The van der Waals surface area contributed by atoms with Gasteiger partial charge in [-0.15, -0.1) is 0 Å². The molecule has 21 heavy (non-hydrogen) atoms. The van der Waals surface area contributed by atoms with Crippen LogP contribution in [0.4, 0.5) is 5.69 Å². The number of carbonyl (C=O) groups excluding carboxylic acids is 1. The summed E-state index contributed by atoms with van der Waals surface area (Å²) < 4.78 is 5.16. The lowest BCUT2D eigenvalue weighted by Gasteiger charge is -2.10. The molecule has 2 aromatic rings. The normalized spacial score (nSPS) is 10.7. The molecule has 1 aromatic carbocycles. The second-order valence-corrected chi connectivity index (χ2v) is 5.15. The molecule has 0 aliphatic carbocycles. The minimum atomic E-state index is -0.0756. The van der Waals surface area contributed by atoms with Crippen molar-refractivity contribution < 1.29 is 9.53 Å². The lowest BCUT2D eigenvalue weighted by Crippen LogP contribution is -2.18. The summed E-state index contributed by atoms with van der Waals surface area (Å²) >= 11 is 0. The molecule has 5 nitrogen and oxygen atoms in total. The molecule has 0 aliphatic heterocycles. The molecule has 0 unspecified atom stereocenters. The van der Waals surface area contributed by atoms with E-state index in [9.17, 15) is 4.79 Å². The van der Waals surface area contributed by atoms with Crippen LogP contribution in [-0.4, -0.2) is 23.2 Å². The number of aromatic nitrogens is 2. The van der Waals surface area contributed by atoms with E-state index in [4.69, 9.17) is 4.74 Å². The van der Waals surface area contributed by atoms with Gasteiger partial charge in [-0.3, -0.25) is 9.89 Å². The summed E-state index contributed by atoms with van der Waals surface area (Å²) in [7, 11) is 1.63. The van der Waals surface area contributed by atoms with Gasteiger partial charge in [0.05, 0.1) is 18.5 Å². The number of H-pyrrole nitrogens is 1. The van der Waals surface area contributed by atoms with Crippen LogP contribution in [0.3, 0.4) is 0 Å². The van der Waals surface area contributed by atoms with Crippen molar-refractivity contribution >= 4 is 11.6 Å². The molecule has 0 bridgehead atoms. The fraction of sp³-hybridized carbons (Fsp3) is 0.375. The van der Waals surface area contributed by atoms with E-state index in [1.165, 1.54) is 0 Å². The Kier molecular flexibility index (Phi) is 4.62. The van der Waals surface area contributed by atoms with Crippen LogP contribution in [-0.2, 0) is 11.2 Å². The number of anilines is 1. The number of carbonyl (C=O) groups is 1. The van der Waals surface area contributed by atoms with Crippen molar-refractivity contribution in [3.63, 3.8) is 0 Å². The van der Waals surface area contributed by atoms with Gasteiger partial charge < -0.3 is 10.1 Å². The zero-order valence-electron chi connectivity index (χ0n) is 12.9. The molecule has 1 heterocycles. The average molecular weight is 287 g/mol. The first-order valence-electron chi connectivity index (χ1n) is 7.09. The highest BCUT2D eigenvalue weighted by atomic mass is 16.5. The van der Waals surface area contributed by atoms with Gasteiger partial charge in [-0.2, -0.15) is 5.10 Å². The number of amides is 1. The van der Waals surface area contributed by atoms with Gasteiger partial charge in [0.2, 0.25) is 5.91 Å². The van der Waals surface area contributed by atoms with Gasteiger partial charge >= 0.3 is 0 Å². The first kappa shape index (κ1) is 15.1. The Morgan fingerprint density at radius 2 is 2.00 bits per heavy atom. The number of ether oxygens (including phenoxy) is 1. The van der Waals surface area contributed by atoms with Crippen LogP contribution in [0.1, 0.15) is 26.5 Å². The molecule has 0 atom stereocenters. The molecular formula is C16H21N3O2. The molecule has 112 valence electrons. The van der Waals surface area contributed by atoms with Crippen molar-refractivity contribution in [2.75, 3.05) is 12.4 Å². The third-order valence-corrected chi connectivity index (χ3v) is 3.33. The van der Waals surface area contributed by atoms with E-state index in [1.54, 1.807) is 7.11 Å². The van der Waals surface area contributed by atoms with Gasteiger partial charge in [0.1, 0.15) is 11.4 Å². The van der Waals surface area contributed by atoms with E-state index in [2.05, 4.69) is 15.5 Å². The topological polar surface area (TPSA) is 67.0 Å². The van der Waals surface area contributed by atoms with Crippen molar-refractivity contribution in [1.29, 1.82) is 0 Å². The fourth-order valence-electron chi connectivity index (χ4n) is 1.99. The third kappa shape index (κ3) is 3.24. The molecule has 0 fully saturated rings. The quantitative estimate of drug-likeness (QED) is 0.887. The van der Waals surface area contributed by atoms with E-state index in [0.29, 0.717) is 0 Å². The maximum Gasteiger partial charge on any atom is 0.227 e. The first-order valence-corrected chi connectivity index (χ1v) is 7.09. The lowest BCUT2D eigenvalue weighted by molar-refractivity contribution is -0.118. The molecule has 1 amide bonds. The second kappa shape index (κ2) is 6.43. The zero-order valence-corrected chi connectivity index (χ0v) is 12.9. The first-order chi connectivity index (χ1) is 10.1. The Bertz CT molecular complexity index is 615. The van der Waals surface area contributed by atoms with Crippen LogP contribution >= 0.6 is 0 Å². The summed E-state index contributed by atoms with van der Waals surface area (Å²) in [6, 6.07) is 7.62. The number of aryl methyl sites for hydroxylation is 1. The van der Waals surface area contributed by atoms with E-state index < -0.39 is 0 Å². The number of hydrogen-bond acceptors (Lipinski definition) is 3. The lowest BCUT2D eigenvalue weighted by atomic mass is 10.1. The summed E-state index contributed by atoms with van der Waals surface area (Å²) in [6.45, 7) is 5.76. The van der Waals surface area contributed by atoms with Crippen LogP contribution < -0.4 is 10.1 Å². The predicted molar refractivity (Wildman–Crippen MR) is 83.4 cm³/mol. The Balaban J connectivity index is 2.38. The fourth-order valence-corrected chi connectivity index (χ4v) is 1.99. The molecular weight excluding hydrogens is 266 g/mol. The van der Waals surface area contributed by atoms with E-state index in [0.717, 1.165) is 34.8 Å². The number of rotatable bonds is 5. The smallest absolute Gasteiger partial charge is 0.227 e. The van der Waals surface area contributed by atoms with E-state index in [1.807, 2.05) is 45.0 Å². The zero-order chi connectivity index (χ0) is 15.4. The maximum absolute atomic E-state index is 12.0. The van der Waals surface area contributed by atoms with Crippen molar-refractivity contribution in [1.82, 2.24) is 10.2 Å². The van der Waals surface area contributed by atoms with Gasteiger partial charge in [-0.25, -0.2) is 0 Å². The Hall–Kier alpha value is -2.30. The molecule has 1 aromatic heterocycles. The number of methoxy groups -OCH3 is 1. The molecule has 0 saturated carbocycles. The van der Waals surface area contributed by atoms with Crippen LogP contribution in [0.2, 0.25) is 0 Å². The second-order valence-electron chi connectivity index (χ2n) is 5.15. The SMILES string of the molecule is CCc1[nH]nc(-c2ccc(OC)cc2)c1NC(=O)C(C)C. The molecule has 5 heteroatoms. The summed E-state index contributed by atoms with van der Waals surface area (Å²) in [5, 5.41) is 10.3. The van der Waals surface area contributed by atoms with E-state index >= 15 is 0 Å². The Morgan fingerprint density at radius 3 is 2.52 bits per heavy atom. The van der Waals surface area contributed by atoms with Gasteiger partial charge in [0.15, 0.2) is 0 Å². The third-order valence-electron chi connectivity index (χ3n) is 3.33. The van der Waals surface area contributed by atoms with Gasteiger partial charge in [-0.05, 0) is 30.7 Å². The molecule has 2 rings (SSSR count). The van der Waals surface area contributed by atoms with Gasteiger partial charge in [-0.1, -0.05) is 20.8 Å². The number of benzene rings is 1. The highest BCUT2D eigenvalue weighted by Gasteiger charge is 2.17. The minimum Gasteiger partial charge on any atom is -0.497 e. The summed E-state index contributed by atoms with van der Waals surface area (Å²) in [5.41, 5.74) is 3.38. The Labute approximate surface area is 124 Å². The van der Waals surface area contributed by atoms with Crippen LogP contribution in [0.5, 0.6) is 5.75 Å². The molecule has 0 aliphatic rings. The molecule has 0 radical (unpaired) electrons. The molecule has 0 saturated heterocycles. The van der Waals surface area contributed by atoms with Gasteiger partial charge in [0.25, 0.3) is 0 Å². The van der Waals surface area contributed by atoms with Crippen molar-refractivity contribution in [2.24, 2.45) is 5.92 Å². The van der Waals surface area contributed by atoms with Crippen molar-refractivity contribution in [3.05, 3.63) is 30.0 Å². The standard InChI is InChI=1S/C16H21N3O2/c1-5-13-15(17-16(20)10(2)3)14(19-18-13)11-6-8-12(21-4)9-7-11/h6-10H,5H2,1-4H3,(H,17,20)(H,18,19). The van der Waals surface area contributed by atoms with Gasteiger partial charge in [0, 0.05) is 11.5 Å². The highest BCUT2D eigenvalue weighted by Crippen LogP contribution is 2.30. The monoisotopic (exact) mass is 287 g/mol. The average Bonchev–Trinajstić information content (AvgIpc) is 2.90. The summed E-state index contributed by atoms with van der Waals surface area (Å²) in [6.07, 6.45) is 0.775. The van der Waals surface area contributed by atoms with Crippen molar-refractivity contribution in [2.45, 2.75) is 27.2 Å². The minimum absolute atomic E-state index is 0.0131. The highest BCUT2D eigenvalue weighted by molar-refractivity contribution is 5.96. The summed E-state index contributed by atoms with van der Waals surface area (Å²) in [5.74, 6) is 0.701.